The molecule has 12 nitrogen and oxygen atoms in total. The summed E-state index contributed by atoms with van der Waals surface area (Å²) in [7, 11) is 2.94. The second-order valence-corrected chi connectivity index (χ2v) is 7.69. The molecule has 2 atom stereocenters. The lowest BCUT2D eigenvalue weighted by Gasteiger charge is -2.23. The largest absolute Gasteiger partial charge is 0.497 e. The zero-order valence-electron chi connectivity index (χ0n) is 19.4. The Morgan fingerprint density at radius 1 is 0.971 bits per heavy atom. The van der Waals surface area contributed by atoms with Gasteiger partial charge in [-0.1, -0.05) is 13.8 Å². The van der Waals surface area contributed by atoms with E-state index in [9.17, 15) is 14.4 Å². The molecule has 2 amide bonds. The fraction of sp³-hybridized carbons (Fsp3) is 0.364. The smallest absolute Gasteiger partial charge is 0.329 e. The number of methoxy groups -OCH3 is 2. The zero-order chi connectivity index (χ0) is 24.8. The first-order valence-corrected chi connectivity index (χ1v) is 10.4. The number of anilines is 1. The van der Waals surface area contributed by atoms with Crippen LogP contribution in [0.25, 0.3) is 11.2 Å². The SMILES string of the molecule is COc1cc(OC)cc(C(=O)N[C@H](C(=O)OC(C)C(=O)Nc2ncnc3nc[nH]c23)C(C)C)c1. The van der Waals surface area contributed by atoms with Gasteiger partial charge in [-0.3, -0.25) is 9.59 Å². The van der Waals surface area contributed by atoms with Crippen molar-refractivity contribution in [2.24, 2.45) is 5.92 Å². The highest BCUT2D eigenvalue weighted by molar-refractivity contribution is 6.00. The van der Waals surface area contributed by atoms with E-state index in [1.54, 1.807) is 19.9 Å². The van der Waals surface area contributed by atoms with E-state index in [2.05, 4.69) is 30.6 Å². The molecule has 0 saturated carbocycles. The molecule has 0 aliphatic heterocycles. The van der Waals surface area contributed by atoms with Gasteiger partial charge in [0.1, 0.15) is 29.4 Å². The molecule has 180 valence electrons. The molecule has 0 aliphatic carbocycles. The van der Waals surface area contributed by atoms with Crippen molar-refractivity contribution in [3.8, 4) is 11.5 Å². The molecule has 0 spiro atoms. The number of benzene rings is 1. The molecule has 3 rings (SSSR count). The van der Waals surface area contributed by atoms with Crippen molar-refractivity contribution in [1.29, 1.82) is 0 Å². The third-order valence-electron chi connectivity index (χ3n) is 4.95. The number of nitrogens with one attached hydrogen (secondary N) is 3. The first-order valence-electron chi connectivity index (χ1n) is 10.4. The standard InChI is InChI=1S/C22H26N6O6/c1-11(2)16(27-21(30)13-6-14(32-4)8-15(7-13)33-5)22(31)34-12(3)20(29)28-19-17-18(24-9-23-17)25-10-26-19/h6-12,16H,1-5H3,(H,27,30)(H2,23,24,25,26,28,29)/t12?,16-/m0/s1. The van der Waals surface area contributed by atoms with Crippen LogP contribution in [0.2, 0.25) is 0 Å². The monoisotopic (exact) mass is 470 g/mol. The third kappa shape index (κ3) is 5.57. The number of esters is 1. The van der Waals surface area contributed by atoms with Gasteiger partial charge >= 0.3 is 5.97 Å². The average Bonchev–Trinajstić information content (AvgIpc) is 3.31. The molecule has 3 aromatic rings. The average molecular weight is 470 g/mol. The fourth-order valence-electron chi connectivity index (χ4n) is 3.04. The molecule has 0 radical (unpaired) electrons. The minimum absolute atomic E-state index is 0.205. The Labute approximate surface area is 195 Å². The summed E-state index contributed by atoms with van der Waals surface area (Å²) < 4.78 is 15.7. The van der Waals surface area contributed by atoms with Gasteiger partial charge in [0.05, 0.1) is 20.5 Å². The minimum Gasteiger partial charge on any atom is -0.497 e. The number of H-pyrrole nitrogens is 1. The van der Waals surface area contributed by atoms with Crippen LogP contribution in [-0.4, -0.2) is 64.1 Å². The van der Waals surface area contributed by atoms with Crippen LogP contribution in [0, 0.1) is 5.92 Å². The van der Waals surface area contributed by atoms with Gasteiger partial charge < -0.3 is 29.8 Å². The van der Waals surface area contributed by atoms with Crippen molar-refractivity contribution in [3.63, 3.8) is 0 Å². The quantitative estimate of drug-likeness (QED) is 0.396. The van der Waals surface area contributed by atoms with Crippen LogP contribution in [0.15, 0.2) is 30.9 Å². The summed E-state index contributed by atoms with van der Waals surface area (Å²) in [6, 6.07) is 3.67. The summed E-state index contributed by atoms with van der Waals surface area (Å²) in [4.78, 5) is 53.1. The molecule has 34 heavy (non-hydrogen) atoms. The van der Waals surface area contributed by atoms with E-state index in [-0.39, 0.29) is 17.3 Å². The number of amides is 2. The predicted molar refractivity (Wildman–Crippen MR) is 122 cm³/mol. The second-order valence-electron chi connectivity index (χ2n) is 7.69. The summed E-state index contributed by atoms with van der Waals surface area (Å²) in [6.45, 7) is 4.92. The van der Waals surface area contributed by atoms with Crippen molar-refractivity contribution in [2.45, 2.75) is 32.9 Å². The van der Waals surface area contributed by atoms with Crippen LogP contribution in [-0.2, 0) is 14.3 Å². The molecule has 3 N–H and O–H groups in total. The topological polar surface area (TPSA) is 157 Å². The van der Waals surface area contributed by atoms with Gasteiger partial charge in [-0.15, -0.1) is 0 Å². The number of aromatic amines is 1. The van der Waals surface area contributed by atoms with Crippen LogP contribution < -0.4 is 20.1 Å². The fourth-order valence-corrected chi connectivity index (χ4v) is 3.04. The highest BCUT2D eigenvalue weighted by Gasteiger charge is 2.30. The lowest BCUT2D eigenvalue weighted by Crippen LogP contribution is -2.47. The second kappa shape index (κ2) is 10.6. The van der Waals surface area contributed by atoms with Crippen LogP contribution in [0.5, 0.6) is 11.5 Å². The van der Waals surface area contributed by atoms with E-state index in [1.165, 1.54) is 45.9 Å². The summed E-state index contributed by atoms with van der Waals surface area (Å²) in [5, 5.41) is 5.24. The number of nitrogens with zero attached hydrogens (tertiary/aromatic N) is 3. The van der Waals surface area contributed by atoms with Crippen molar-refractivity contribution in [3.05, 3.63) is 36.4 Å². The molecule has 2 aromatic heterocycles. The van der Waals surface area contributed by atoms with E-state index in [0.717, 1.165) is 0 Å². The van der Waals surface area contributed by atoms with E-state index in [4.69, 9.17) is 14.2 Å². The van der Waals surface area contributed by atoms with E-state index >= 15 is 0 Å². The Balaban J connectivity index is 1.67. The van der Waals surface area contributed by atoms with E-state index in [1.807, 2.05) is 0 Å². The van der Waals surface area contributed by atoms with Crippen molar-refractivity contribution in [2.75, 3.05) is 19.5 Å². The highest BCUT2D eigenvalue weighted by atomic mass is 16.5. The maximum Gasteiger partial charge on any atom is 0.329 e. The van der Waals surface area contributed by atoms with Gasteiger partial charge in [-0.05, 0) is 25.0 Å². The predicted octanol–water partition coefficient (Wildman–Crippen LogP) is 1.69. The van der Waals surface area contributed by atoms with Gasteiger partial charge in [0.15, 0.2) is 17.6 Å². The van der Waals surface area contributed by atoms with Crippen molar-refractivity contribution in [1.82, 2.24) is 25.3 Å². The molecule has 2 heterocycles. The molecule has 1 unspecified atom stereocenters. The number of rotatable bonds is 9. The minimum atomic E-state index is -1.16. The number of fused-ring (bicyclic) bond motifs is 1. The number of ether oxygens (including phenoxy) is 3. The molecule has 0 aliphatic rings. The van der Waals surface area contributed by atoms with Crippen LogP contribution >= 0.6 is 0 Å². The Hall–Kier alpha value is -4.22. The number of hydrogen-bond acceptors (Lipinski definition) is 9. The molecule has 12 heteroatoms. The van der Waals surface area contributed by atoms with Crippen LogP contribution in [0.4, 0.5) is 5.82 Å². The normalized spacial score (nSPS) is 12.6. The number of carbonyl (C=O) groups excluding carboxylic acids is 3. The number of carbonyl (C=O) groups is 3. The lowest BCUT2D eigenvalue weighted by atomic mass is 10.0. The molecule has 1 aromatic carbocycles. The third-order valence-corrected chi connectivity index (χ3v) is 4.95. The molecule has 0 fully saturated rings. The summed E-state index contributed by atoms with van der Waals surface area (Å²) in [5.74, 6) is -1.14. The highest BCUT2D eigenvalue weighted by Crippen LogP contribution is 2.23. The Morgan fingerprint density at radius 3 is 2.26 bits per heavy atom. The maximum atomic E-state index is 12.8. The molecule has 0 bridgehead atoms. The summed E-state index contributed by atoms with van der Waals surface area (Å²) in [5.41, 5.74) is 1.06. The first kappa shape index (κ1) is 24.4. The number of imidazole rings is 1. The van der Waals surface area contributed by atoms with Crippen LogP contribution in [0.3, 0.4) is 0 Å². The Bertz CT molecular complexity index is 1170. The molecule has 0 saturated heterocycles. The summed E-state index contributed by atoms with van der Waals surface area (Å²) in [6.07, 6.45) is 1.52. The van der Waals surface area contributed by atoms with E-state index in [0.29, 0.717) is 22.7 Å². The molecular formula is C22H26N6O6. The lowest BCUT2D eigenvalue weighted by molar-refractivity contribution is -0.156. The Morgan fingerprint density at radius 2 is 1.65 bits per heavy atom. The number of hydrogen-bond donors (Lipinski definition) is 3. The first-order chi connectivity index (χ1) is 16.2. The van der Waals surface area contributed by atoms with Gasteiger partial charge in [0.25, 0.3) is 11.8 Å². The van der Waals surface area contributed by atoms with Crippen LogP contribution in [0.1, 0.15) is 31.1 Å². The maximum absolute atomic E-state index is 12.8. The van der Waals surface area contributed by atoms with Gasteiger partial charge in [0.2, 0.25) is 0 Å². The number of aromatic nitrogens is 4. The Kier molecular flexibility index (Phi) is 7.61. The van der Waals surface area contributed by atoms with Crippen molar-refractivity contribution < 1.29 is 28.6 Å². The summed E-state index contributed by atoms with van der Waals surface area (Å²) >= 11 is 0. The van der Waals surface area contributed by atoms with E-state index < -0.39 is 29.9 Å². The van der Waals surface area contributed by atoms with Crippen molar-refractivity contribution >= 4 is 34.8 Å². The van der Waals surface area contributed by atoms with Gasteiger partial charge in [-0.2, -0.15) is 0 Å². The molecular weight excluding hydrogens is 444 g/mol. The van der Waals surface area contributed by atoms with Gasteiger partial charge in [0, 0.05) is 11.6 Å². The van der Waals surface area contributed by atoms with Gasteiger partial charge in [-0.25, -0.2) is 19.7 Å². The zero-order valence-corrected chi connectivity index (χ0v) is 19.4.